The van der Waals surface area contributed by atoms with Crippen LogP contribution in [-0.2, 0) is 17.8 Å². The van der Waals surface area contributed by atoms with Crippen LogP contribution in [0.1, 0.15) is 81.9 Å². The summed E-state index contributed by atoms with van der Waals surface area (Å²) in [4.78, 5) is 39.6. The lowest BCUT2D eigenvalue weighted by molar-refractivity contribution is -0.127. The maximum Gasteiger partial charge on any atom is 0.318 e. The van der Waals surface area contributed by atoms with E-state index in [1.165, 1.54) is 57.8 Å². The number of amides is 3. The molecule has 1 aliphatic heterocycles. The molecule has 0 spiro atoms. The number of nitrogens with one attached hydrogen (secondary N) is 2. The Balaban J connectivity index is 1.17. The van der Waals surface area contributed by atoms with Crippen molar-refractivity contribution >= 4 is 11.9 Å². The summed E-state index contributed by atoms with van der Waals surface area (Å²) in [5.41, 5.74) is 2.23. The van der Waals surface area contributed by atoms with E-state index in [1.54, 1.807) is 17.3 Å². The van der Waals surface area contributed by atoms with Gasteiger partial charge in [-0.3, -0.25) is 14.7 Å². The Bertz CT molecular complexity index is 1060. The molecule has 0 bridgehead atoms. The Kier molecular flexibility index (Phi) is 10.4. The molecule has 5 rings (SSSR count). The number of hydrogen-bond acceptors (Lipinski definition) is 5. The fourth-order valence-electron chi connectivity index (χ4n) is 6.67. The smallest absolute Gasteiger partial charge is 0.318 e. The van der Waals surface area contributed by atoms with E-state index in [0.29, 0.717) is 26.1 Å². The van der Waals surface area contributed by atoms with Gasteiger partial charge in [-0.2, -0.15) is 0 Å². The fourth-order valence-corrected chi connectivity index (χ4v) is 6.67. The molecule has 9 nitrogen and oxygen atoms in total. The molecular weight excluding hydrogens is 502 g/mol. The van der Waals surface area contributed by atoms with Gasteiger partial charge in [0.1, 0.15) is 6.04 Å². The molecule has 40 heavy (non-hydrogen) atoms. The van der Waals surface area contributed by atoms with Gasteiger partial charge in [0.2, 0.25) is 5.91 Å². The second kappa shape index (κ2) is 14.6. The Morgan fingerprint density at radius 1 is 0.925 bits per heavy atom. The standard InChI is InChI=1S/C31H47N7O2/c39-30(34-17-13-28-21-33-24-37(28)22-26-11-15-32-16-12-26)29-23-36(18-14-25-7-3-1-4-8-25)19-20-38(29)31(40)35-27-9-5-2-6-10-27/h11-12,15-16,21,24-25,27,29H,1-10,13-14,17-20,22-23H2,(H,34,39)(H,35,40). The molecule has 3 amide bonds. The molecule has 1 saturated heterocycles. The molecule has 3 aliphatic rings. The van der Waals surface area contributed by atoms with Gasteiger partial charge in [-0.15, -0.1) is 0 Å². The van der Waals surface area contributed by atoms with Gasteiger partial charge >= 0.3 is 6.03 Å². The van der Waals surface area contributed by atoms with Crippen molar-refractivity contribution < 1.29 is 9.59 Å². The van der Waals surface area contributed by atoms with Crippen molar-refractivity contribution in [3.05, 3.63) is 48.3 Å². The summed E-state index contributed by atoms with van der Waals surface area (Å²) in [6, 6.07) is 3.69. The monoisotopic (exact) mass is 549 g/mol. The number of nitrogens with zero attached hydrogens (tertiary/aromatic N) is 5. The number of rotatable bonds is 10. The summed E-state index contributed by atoms with van der Waals surface area (Å²) in [5, 5.41) is 6.41. The van der Waals surface area contributed by atoms with Crippen LogP contribution in [0.2, 0.25) is 0 Å². The third kappa shape index (κ3) is 8.05. The predicted molar refractivity (Wildman–Crippen MR) is 156 cm³/mol. The van der Waals surface area contributed by atoms with Crippen LogP contribution < -0.4 is 10.6 Å². The number of urea groups is 1. The molecule has 3 heterocycles. The lowest BCUT2D eigenvalue weighted by Crippen LogP contribution is -2.63. The SMILES string of the molecule is O=C(NCCc1cncn1Cc1ccncc1)C1CN(CCC2CCCCC2)CCN1C(=O)NC1CCCCC1. The van der Waals surface area contributed by atoms with Gasteiger partial charge < -0.3 is 20.1 Å². The molecule has 2 aromatic heterocycles. The average Bonchev–Trinajstić information content (AvgIpc) is 3.44. The van der Waals surface area contributed by atoms with Crippen LogP contribution in [0.4, 0.5) is 4.79 Å². The number of piperazine rings is 1. The van der Waals surface area contributed by atoms with E-state index in [4.69, 9.17) is 0 Å². The fraction of sp³-hybridized carbons (Fsp3) is 0.677. The minimum atomic E-state index is -0.467. The molecule has 2 aromatic rings. The lowest BCUT2D eigenvalue weighted by Gasteiger charge is -2.41. The molecule has 0 aromatic carbocycles. The molecule has 3 fully saturated rings. The van der Waals surface area contributed by atoms with Gasteiger partial charge in [0.15, 0.2) is 0 Å². The van der Waals surface area contributed by atoms with Crippen LogP contribution in [0, 0.1) is 5.92 Å². The van der Waals surface area contributed by atoms with E-state index in [0.717, 1.165) is 49.7 Å². The first-order chi connectivity index (χ1) is 19.7. The molecule has 1 unspecified atom stereocenters. The first-order valence-electron chi connectivity index (χ1n) is 15.6. The summed E-state index contributed by atoms with van der Waals surface area (Å²) < 4.78 is 2.11. The zero-order valence-electron chi connectivity index (χ0n) is 24.0. The lowest BCUT2D eigenvalue weighted by atomic mass is 9.87. The van der Waals surface area contributed by atoms with Crippen LogP contribution in [0.5, 0.6) is 0 Å². The maximum absolute atomic E-state index is 13.6. The number of pyridine rings is 1. The van der Waals surface area contributed by atoms with E-state index in [-0.39, 0.29) is 18.0 Å². The van der Waals surface area contributed by atoms with E-state index in [2.05, 4.69) is 30.1 Å². The van der Waals surface area contributed by atoms with Gasteiger partial charge in [-0.1, -0.05) is 51.4 Å². The highest BCUT2D eigenvalue weighted by atomic mass is 16.2. The van der Waals surface area contributed by atoms with Crippen molar-refractivity contribution in [3.8, 4) is 0 Å². The molecule has 9 heteroatoms. The van der Waals surface area contributed by atoms with Crippen LogP contribution in [-0.4, -0.2) is 81.1 Å². The highest BCUT2D eigenvalue weighted by Gasteiger charge is 2.36. The van der Waals surface area contributed by atoms with Crippen LogP contribution in [0.15, 0.2) is 37.1 Å². The molecule has 218 valence electrons. The zero-order valence-corrected chi connectivity index (χ0v) is 24.0. The molecule has 0 radical (unpaired) electrons. The van der Waals surface area contributed by atoms with E-state index in [1.807, 2.05) is 24.7 Å². The molecule has 2 N–H and O–H groups in total. The van der Waals surface area contributed by atoms with E-state index < -0.39 is 6.04 Å². The van der Waals surface area contributed by atoms with Gasteiger partial charge in [0.05, 0.1) is 6.33 Å². The third-order valence-corrected chi connectivity index (χ3v) is 9.12. The van der Waals surface area contributed by atoms with Gasteiger partial charge in [0, 0.05) is 69.5 Å². The third-order valence-electron chi connectivity index (χ3n) is 9.12. The Morgan fingerprint density at radius 3 is 2.45 bits per heavy atom. The number of imidazole rings is 1. The largest absolute Gasteiger partial charge is 0.354 e. The second-order valence-electron chi connectivity index (χ2n) is 12.0. The quantitative estimate of drug-likeness (QED) is 0.467. The maximum atomic E-state index is 13.6. The summed E-state index contributed by atoms with van der Waals surface area (Å²) in [6.07, 6.45) is 21.6. The molecule has 2 saturated carbocycles. The number of carbonyl (C=O) groups excluding carboxylic acids is 2. The first-order valence-corrected chi connectivity index (χ1v) is 15.6. The number of aromatic nitrogens is 3. The minimum Gasteiger partial charge on any atom is -0.354 e. The van der Waals surface area contributed by atoms with Crippen molar-refractivity contribution in [1.29, 1.82) is 0 Å². The molecule has 2 aliphatic carbocycles. The van der Waals surface area contributed by atoms with Crippen LogP contribution in [0.25, 0.3) is 0 Å². The Labute approximate surface area is 239 Å². The number of carbonyl (C=O) groups is 2. The minimum absolute atomic E-state index is 0.0543. The summed E-state index contributed by atoms with van der Waals surface area (Å²) >= 11 is 0. The topological polar surface area (TPSA) is 95.4 Å². The van der Waals surface area contributed by atoms with Gasteiger partial charge in [-0.25, -0.2) is 9.78 Å². The Hall–Kier alpha value is -2.94. The van der Waals surface area contributed by atoms with Crippen molar-refractivity contribution in [2.45, 2.75) is 95.7 Å². The van der Waals surface area contributed by atoms with Crippen molar-refractivity contribution in [3.63, 3.8) is 0 Å². The average molecular weight is 550 g/mol. The summed E-state index contributed by atoms with van der Waals surface area (Å²) in [5.74, 6) is 0.756. The second-order valence-corrected chi connectivity index (χ2v) is 12.0. The zero-order chi connectivity index (χ0) is 27.6. The molecular formula is C31H47N7O2. The highest BCUT2D eigenvalue weighted by molar-refractivity contribution is 5.87. The highest BCUT2D eigenvalue weighted by Crippen LogP contribution is 2.27. The van der Waals surface area contributed by atoms with Gasteiger partial charge in [-0.05, 0) is 49.4 Å². The Morgan fingerprint density at radius 2 is 1.68 bits per heavy atom. The number of hydrogen-bond donors (Lipinski definition) is 2. The van der Waals surface area contributed by atoms with E-state index >= 15 is 0 Å². The van der Waals surface area contributed by atoms with Crippen molar-refractivity contribution in [2.75, 3.05) is 32.7 Å². The first kappa shape index (κ1) is 28.6. The van der Waals surface area contributed by atoms with Crippen LogP contribution in [0.3, 0.4) is 0 Å². The van der Waals surface area contributed by atoms with Crippen molar-refractivity contribution in [1.82, 2.24) is 35.0 Å². The predicted octanol–water partition coefficient (Wildman–Crippen LogP) is 3.98. The molecule has 1 atom stereocenters. The van der Waals surface area contributed by atoms with E-state index in [9.17, 15) is 9.59 Å². The summed E-state index contributed by atoms with van der Waals surface area (Å²) in [6.45, 7) is 4.29. The normalized spacial score (nSPS) is 21.3. The van der Waals surface area contributed by atoms with Gasteiger partial charge in [0.25, 0.3) is 0 Å². The van der Waals surface area contributed by atoms with Crippen LogP contribution >= 0.6 is 0 Å². The summed E-state index contributed by atoms with van der Waals surface area (Å²) in [7, 11) is 0. The van der Waals surface area contributed by atoms with Crippen molar-refractivity contribution in [2.24, 2.45) is 5.92 Å².